The molecule has 0 aromatic heterocycles. The van der Waals surface area contributed by atoms with Crippen LogP contribution in [0.3, 0.4) is 0 Å². The zero-order valence-corrected chi connectivity index (χ0v) is 9.27. The lowest BCUT2D eigenvalue weighted by Gasteiger charge is -2.13. The Kier molecular flexibility index (Phi) is 9.97. The van der Waals surface area contributed by atoms with Gasteiger partial charge in [0.2, 0.25) is 0 Å². The minimum absolute atomic E-state index is 0.146. The molecule has 15 heavy (non-hydrogen) atoms. The number of urea groups is 1. The first kappa shape index (κ1) is 16.1. The van der Waals surface area contributed by atoms with E-state index in [1.165, 1.54) is 0 Å². The third-order valence-corrected chi connectivity index (χ3v) is 1.60. The van der Waals surface area contributed by atoms with Crippen LogP contribution in [0.15, 0.2) is 0 Å². The molecule has 0 unspecified atom stereocenters. The fraction of sp³-hybridized carbons (Fsp3) is 0.778. The SMILES string of the molecule is CC(C)C[C@H](CN)CC(=O)O.NC(N)=O. The Morgan fingerprint density at radius 2 is 1.67 bits per heavy atom. The van der Waals surface area contributed by atoms with Crippen molar-refractivity contribution in [3.05, 3.63) is 0 Å². The molecule has 0 aromatic rings. The van der Waals surface area contributed by atoms with E-state index < -0.39 is 12.0 Å². The van der Waals surface area contributed by atoms with Crippen molar-refractivity contribution in [2.75, 3.05) is 6.54 Å². The van der Waals surface area contributed by atoms with Crippen molar-refractivity contribution < 1.29 is 14.7 Å². The van der Waals surface area contributed by atoms with Gasteiger partial charge in [-0.25, -0.2) is 4.79 Å². The predicted molar refractivity (Wildman–Crippen MR) is 58.0 cm³/mol. The Hall–Kier alpha value is -1.30. The first-order valence-corrected chi connectivity index (χ1v) is 4.76. The zero-order chi connectivity index (χ0) is 12.4. The van der Waals surface area contributed by atoms with Crippen LogP contribution in [-0.2, 0) is 4.79 Å². The molecule has 2 amide bonds. The van der Waals surface area contributed by atoms with Crippen LogP contribution in [0.2, 0.25) is 0 Å². The standard InChI is InChI=1S/C8H17NO2.CH4N2O/c1-6(2)3-7(5-9)4-8(10)11;2-1(3)4/h6-7H,3-5,9H2,1-2H3,(H,10,11);(H4,2,3,4)/t7-;/m0./s1. The summed E-state index contributed by atoms with van der Waals surface area (Å²) in [5.41, 5.74) is 13.9. The van der Waals surface area contributed by atoms with Gasteiger partial charge in [0, 0.05) is 6.42 Å². The van der Waals surface area contributed by atoms with Gasteiger partial charge in [0.25, 0.3) is 0 Å². The van der Waals surface area contributed by atoms with Crippen LogP contribution in [0.25, 0.3) is 0 Å². The highest BCUT2D eigenvalue weighted by atomic mass is 16.4. The van der Waals surface area contributed by atoms with Crippen LogP contribution in [0.1, 0.15) is 26.7 Å². The van der Waals surface area contributed by atoms with Crippen molar-refractivity contribution in [1.29, 1.82) is 0 Å². The van der Waals surface area contributed by atoms with Crippen LogP contribution in [0, 0.1) is 11.8 Å². The van der Waals surface area contributed by atoms with Gasteiger partial charge in [0.05, 0.1) is 0 Å². The van der Waals surface area contributed by atoms with Gasteiger partial charge < -0.3 is 22.3 Å². The van der Waals surface area contributed by atoms with Gasteiger partial charge in [-0.15, -0.1) is 0 Å². The maximum absolute atomic E-state index is 10.3. The van der Waals surface area contributed by atoms with Crippen LogP contribution in [0.4, 0.5) is 4.79 Å². The summed E-state index contributed by atoms with van der Waals surface area (Å²) in [6.07, 6.45) is 1.11. The molecular weight excluding hydrogens is 198 g/mol. The normalized spacial score (nSPS) is 11.5. The number of carbonyl (C=O) groups is 2. The van der Waals surface area contributed by atoms with Gasteiger partial charge in [-0.05, 0) is 24.8 Å². The Balaban J connectivity index is 0. The van der Waals surface area contributed by atoms with Gasteiger partial charge in [-0.3, -0.25) is 4.79 Å². The molecule has 6 heteroatoms. The average Bonchev–Trinajstić information content (AvgIpc) is 2.00. The third-order valence-electron chi connectivity index (χ3n) is 1.60. The largest absolute Gasteiger partial charge is 0.481 e. The molecule has 0 aromatic carbocycles. The van der Waals surface area contributed by atoms with E-state index in [-0.39, 0.29) is 12.3 Å². The highest BCUT2D eigenvalue weighted by Crippen LogP contribution is 2.13. The lowest BCUT2D eigenvalue weighted by molar-refractivity contribution is -0.138. The van der Waals surface area contributed by atoms with Crippen molar-refractivity contribution in [1.82, 2.24) is 0 Å². The fourth-order valence-electron chi connectivity index (χ4n) is 1.18. The fourth-order valence-corrected chi connectivity index (χ4v) is 1.18. The van der Waals surface area contributed by atoms with Crippen molar-refractivity contribution in [3.63, 3.8) is 0 Å². The Labute approximate surface area is 89.8 Å². The lowest BCUT2D eigenvalue weighted by Crippen LogP contribution is -2.19. The summed E-state index contributed by atoms with van der Waals surface area (Å²) in [7, 11) is 0. The lowest BCUT2D eigenvalue weighted by atomic mass is 9.94. The molecular formula is C9H21N3O3. The molecule has 0 aliphatic heterocycles. The van der Waals surface area contributed by atoms with Crippen molar-refractivity contribution in [2.45, 2.75) is 26.7 Å². The number of nitrogens with two attached hydrogens (primary N) is 3. The summed E-state index contributed by atoms with van der Waals surface area (Å²) < 4.78 is 0. The second-order valence-electron chi connectivity index (χ2n) is 3.73. The van der Waals surface area contributed by atoms with E-state index in [9.17, 15) is 4.79 Å². The number of carboxylic acid groups (broad SMARTS) is 1. The molecule has 0 aliphatic rings. The van der Waals surface area contributed by atoms with Gasteiger partial charge in [-0.2, -0.15) is 0 Å². The molecule has 0 bridgehead atoms. The number of rotatable bonds is 5. The number of primary amides is 2. The van der Waals surface area contributed by atoms with E-state index in [0.29, 0.717) is 12.5 Å². The number of amides is 2. The number of hydrogen-bond donors (Lipinski definition) is 4. The molecule has 6 nitrogen and oxygen atoms in total. The van der Waals surface area contributed by atoms with E-state index in [0.717, 1.165) is 6.42 Å². The molecule has 0 spiro atoms. The molecule has 0 heterocycles. The molecule has 1 atom stereocenters. The third kappa shape index (κ3) is 19.2. The van der Waals surface area contributed by atoms with Crippen molar-refractivity contribution in [3.8, 4) is 0 Å². The van der Waals surface area contributed by atoms with Gasteiger partial charge in [-0.1, -0.05) is 13.8 Å². The summed E-state index contributed by atoms with van der Waals surface area (Å²) in [4.78, 5) is 19.3. The summed E-state index contributed by atoms with van der Waals surface area (Å²) in [5.74, 6) is -0.0727. The summed E-state index contributed by atoms with van der Waals surface area (Å²) in [5, 5.41) is 8.47. The number of carbonyl (C=O) groups excluding carboxylic acids is 1. The monoisotopic (exact) mass is 219 g/mol. The molecule has 0 saturated carbocycles. The van der Waals surface area contributed by atoms with Gasteiger partial charge >= 0.3 is 12.0 Å². The molecule has 0 rings (SSSR count). The number of carboxylic acids is 1. The number of hydrogen-bond acceptors (Lipinski definition) is 3. The highest BCUT2D eigenvalue weighted by Gasteiger charge is 2.12. The summed E-state index contributed by atoms with van der Waals surface area (Å²) in [6.45, 7) is 4.62. The molecule has 0 radical (unpaired) electrons. The maximum atomic E-state index is 10.3. The van der Waals surface area contributed by atoms with E-state index in [1.54, 1.807) is 0 Å². The summed E-state index contributed by atoms with van der Waals surface area (Å²) in [6, 6.07) is -0.833. The topological polar surface area (TPSA) is 132 Å². The first-order valence-electron chi connectivity index (χ1n) is 4.76. The smallest absolute Gasteiger partial charge is 0.309 e. The molecule has 7 N–H and O–H groups in total. The van der Waals surface area contributed by atoms with Crippen LogP contribution in [0.5, 0.6) is 0 Å². The Morgan fingerprint density at radius 1 is 1.27 bits per heavy atom. The number of aliphatic carboxylic acids is 1. The first-order chi connectivity index (χ1) is 6.79. The van der Waals surface area contributed by atoms with Crippen LogP contribution < -0.4 is 17.2 Å². The molecule has 0 aliphatic carbocycles. The van der Waals surface area contributed by atoms with E-state index >= 15 is 0 Å². The minimum Gasteiger partial charge on any atom is -0.481 e. The van der Waals surface area contributed by atoms with Crippen molar-refractivity contribution in [2.24, 2.45) is 29.0 Å². The van der Waals surface area contributed by atoms with Crippen LogP contribution >= 0.6 is 0 Å². The highest BCUT2D eigenvalue weighted by molar-refractivity contribution is 5.69. The average molecular weight is 219 g/mol. The van der Waals surface area contributed by atoms with E-state index in [1.807, 2.05) is 0 Å². The second-order valence-corrected chi connectivity index (χ2v) is 3.73. The Bertz CT molecular complexity index is 191. The molecule has 0 fully saturated rings. The maximum Gasteiger partial charge on any atom is 0.309 e. The second kappa shape index (κ2) is 9.26. The van der Waals surface area contributed by atoms with Gasteiger partial charge in [0.1, 0.15) is 0 Å². The summed E-state index contributed by atoms with van der Waals surface area (Å²) >= 11 is 0. The van der Waals surface area contributed by atoms with E-state index in [2.05, 4.69) is 25.3 Å². The minimum atomic E-state index is -0.833. The Morgan fingerprint density at radius 3 is 1.87 bits per heavy atom. The molecule has 90 valence electrons. The zero-order valence-electron chi connectivity index (χ0n) is 9.27. The van der Waals surface area contributed by atoms with Gasteiger partial charge in [0.15, 0.2) is 0 Å². The predicted octanol–water partition coefficient (Wildman–Crippen LogP) is 0.106. The quantitative estimate of drug-likeness (QED) is 0.522. The van der Waals surface area contributed by atoms with Crippen molar-refractivity contribution >= 4 is 12.0 Å². The van der Waals surface area contributed by atoms with Crippen LogP contribution in [-0.4, -0.2) is 23.7 Å². The van der Waals surface area contributed by atoms with E-state index in [4.69, 9.17) is 15.6 Å². The molecule has 0 saturated heterocycles.